The largest absolute Gasteiger partial charge is 0.299 e. The van der Waals surface area contributed by atoms with Gasteiger partial charge in [0.15, 0.2) is 0 Å². The molecular formula is C10H14N2O. The summed E-state index contributed by atoms with van der Waals surface area (Å²) in [5.74, 6) is 0.353. The Hall–Kier alpha value is -1.12. The van der Waals surface area contributed by atoms with Crippen LogP contribution in [0.5, 0.6) is 0 Å². The molecule has 3 nitrogen and oxygen atoms in total. The minimum atomic E-state index is 0.353. The molecule has 70 valence electrons. The summed E-state index contributed by atoms with van der Waals surface area (Å²) in [5, 5.41) is 4.41. The Morgan fingerprint density at radius 3 is 2.92 bits per heavy atom. The minimum absolute atomic E-state index is 0.353. The van der Waals surface area contributed by atoms with Gasteiger partial charge in [0, 0.05) is 30.6 Å². The molecule has 0 radical (unpaired) electrons. The maximum Gasteiger partial charge on any atom is 0.137 e. The Kier molecular flexibility index (Phi) is 1.94. The summed E-state index contributed by atoms with van der Waals surface area (Å²) in [6, 6.07) is 0. The fourth-order valence-electron chi connectivity index (χ4n) is 1.98. The van der Waals surface area contributed by atoms with Crippen LogP contribution in [0.2, 0.25) is 0 Å². The number of hydrogen-bond donors (Lipinski definition) is 0. The molecular weight excluding hydrogens is 164 g/mol. The van der Waals surface area contributed by atoms with E-state index in [2.05, 4.69) is 12.0 Å². The Balaban J connectivity index is 2.47. The van der Waals surface area contributed by atoms with Crippen LogP contribution in [0.4, 0.5) is 0 Å². The van der Waals surface area contributed by atoms with Gasteiger partial charge in [0.1, 0.15) is 5.78 Å². The summed E-state index contributed by atoms with van der Waals surface area (Å²) in [5.41, 5.74) is 3.49. The van der Waals surface area contributed by atoms with Crippen molar-refractivity contribution in [3.8, 4) is 0 Å². The molecule has 1 aliphatic rings. The van der Waals surface area contributed by atoms with Crippen molar-refractivity contribution in [3.63, 3.8) is 0 Å². The number of aromatic nitrogens is 2. The van der Waals surface area contributed by atoms with E-state index < -0.39 is 0 Å². The van der Waals surface area contributed by atoms with Gasteiger partial charge in [0.05, 0.1) is 5.69 Å². The molecule has 0 amide bonds. The summed E-state index contributed by atoms with van der Waals surface area (Å²) in [4.78, 5) is 11.2. The van der Waals surface area contributed by atoms with Gasteiger partial charge in [-0.15, -0.1) is 0 Å². The molecule has 0 bridgehead atoms. The number of rotatable bonds is 1. The van der Waals surface area contributed by atoms with Crippen molar-refractivity contribution in [1.29, 1.82) is 0 Å². The average Bonchev–Trinajstić information content (AvgIpc) is 2.43. The fourth-order valence-corrected chi connectivity index (χ4v) is 1.98. The second kappa shape index (κ2) is 2.98. The number of ketones is 1. The van der Waals surface area contributed by atoms with Gasteiger partial charge >= 0.3 is 0 Å². The van der Waals surface area contributed by atoms with Crippen LogP contribution in [0, 0.1) is 6.92 Å². The maximum absolute atomic E-state index is 11.2. The number of aryl methyl sites for hydroxylation is 2. The fraction of sp³-hybridized carbons (Fsp3) is 0.600. The van der Waals surface area contributed by atoms with Crippen LogP contribution in [0.25, 0.3) is 0 Å². The zero-order chi connectivity index (χ0) is 9.42. The highest BCUT2D eigenvalue weighted by atomic mass is 16.1. The third kappa shape index (κ3) is 1.28. The van der Waals surface area contributed by atoms with Crippen molar-refractivity contribution in [2.24, 2.45) is 0 Å². The Labute approximate surface area is 77.7 Å². The molecule has 0 unspecified atom stereocenters. The summed E-state index contributed by atoms with van der Waals surface area (Å²) >= 11 is 0. The number of carbonyl (C=O) groups excluding carboxylic acids is 1. The standard InChI is InChI=1S/C10H14N2O/c1-3-12-10-5-4-8(13)6-9(10)7(2)11-12/h3-6H2,1-2H3. The molecule has 1 aromatic heterocycles. The molecule has 0 N–H and O–H groups in total. The maximum atomic E-state index is 11.2. The second-order valence-electron chi connectivity index (χ2n) is 3.54. The van der Waals surface area contributed by atoms with Crippen LogP contribution in [-0.2, 0) is 24.2 Å². The van der Waals surface area contributed by atoms with Gasteiger partial charge in [-0.2, -0.15) is 5.10 Å². The molecule has 0 spiro atoms. The van der Waals surface area contributed by atoms with Gasteiger partial charge in [0.2, 0.25) is 0 Å². The van der Waals surface area contributed by atoms with Crippen molar-refractivity contribution < 1.29 is 4.79 Å². The number of nitrogens with zero attached hydrogens (tertiary/aromatic N) is 2. The number of carbonyl (C=O) groups is 1. The second-order valence-corrected chi connectivity index (χ2v) is 3.54. The number of fused-ring (bicyclic) bond motifs is 1. The van der Waals surface area contributed by atoms with Crippen LogP contribution < -0.4 is 0 Å². The van der Waals surface area contributed by atoms with E-state index in [4.69, 9.17) is 0 Å². The lowest BCUT2D eigenvalue weighted by molar-refractivity contribution is -0.118. The van der Waals surface area contributed by atoms with E-state index in [1.54, 1.807) is 0 Å². The quantitative estimate of drug-likeness (QED) is 0.649. The molecule has 1 heterocycles. The van der Waals surface area contributed by atoms with E-state index >= 15 is 0 Å². The van der Waals surface area contributed by atoms with Gasteiger partial charge in [-0.05, 0) is 20.3 Å². The minimum Gasteiger partial charge on any atom is -0.299 e. The summed E-state index contributed by atoms with van der Waals surface area (Å²) in [7, 11) is 0. The number of Topliss-reactive ketones (excluding diaryl/α,β-unsaturated/α-hetero) is 1. The van der Waals surface area contributed by atoms with Crippen molar-refractivity contribution in [1.82, 2.24) is 9.78 Å². The highest BCUT2D eigenvalue weighted by Crippen LogP contribution is 2.21. The Morgan fingerprint density at radius 2 is 2.23 bits per heavy atom. The first kappa shape index (κ1) is 8.48. The zero-order valence-electron chi connectivity index (χ0n) is 8.13. The SMILES string of the molecule is CCn1nc(C)c2c1CCC(=O)C2. The third-order valence-electron chi connectivity index (χ3n) is 2.68. The van der Waals surface area contributed by atoms with E-state index in [1.165, 1.54) is 11.3 Å². The molecule has 0 atom stereocenters. The molecule has 0 fully saturated rings. The summed E-state index contributed by atoms with van der Waals surface area (Å²) in [6.45, 7) is 4.98. The van der Waals surface area contributed by atoms with Crippen molar-refractivity contribution >= 4 is 5.78 Å². The molecule has 0 saturated heterocycles. The topological polar surface area (TPSA) is 34.9 Å². The van der Waals surface area contributed by atoms with Crippen LogP contribution >= 0.6 is 0 Å². The lowest BCUT2D eigenvalue weighted by Crippen LogP contribution is -2.15. The van der Waals surface area contributed by atoms with Crippen LogP contribution in [0.1, 0.15) is 30.3 Å². The predicted molar refractivity (Wildman–Crippen MR) is 49.7 cm³/mol. The van der Waals surface area contributed by atoms with Crippen LogP contribution in [-0.4, -0.2) is 15.6 Å². The van der Waals surface area contributed by atoms with E-state index in [9.17, 15) is 4.79 Å². The van der Waals surface area contributed by atoms with Gasteiger partial charge in [-0.25, -0.2) is 0 Å². The molecule has 1 aliphatic carbocycles. The van der Waals surface area contributed by atoms with Crippen LogP contribution in [0.3, 0.4) is 0 Å². The normalized spacial score (nSPS) is 16.0. The molecule has 3 heteroatoms. The van der Waals surface area contributed by atoms with E-state index in [1.807, 2.05) is 11.6 Å². The lowest BCUT2D eigenvalue weighted by Gasteiger charge is -2.12. The van der Waals surface area contributed by atoms with Crippen molar-refractivity contribution in [3.05, 3.63) is 17.0 Å². The first-order valence-electron chi connectivity index (χ1n) is 4.79. The first-order chi connectivity index (χ1) is 6.22. The average molecular weight is 178 g/mol. The Morgan fingerprint density at radius 1 is 1.46 bits per heavy atom. The predicted octanol–water partition coefficient (Wildman–Crippen LogP) is 1.27. The van der Waals surface area contributed by atoms with Gasteiger partial charge in [-0.1, -0.05) is 0 Å². The molecule has 0 aromatic carbocycles. The van der Waals surface area contributed by atoms with Crippen LogP contribution in [0.15, 0.2) is 0 Å². The molecule has 13 heavy (non-hydrogen) atoms. The highest BCUT2D eigenvalue weighted by Gasteiger charge is 2.21. The first-order valence-corrected chi connectivity index (χ1v) is 4.79. The number of hydrogen-bond acceptors (Lipinski definition) is 2. The summed E-state index contributed by atoms with van der Waals surface area (Å²) in [6.07, 6.45) is 2.17. The molecule has 2 rings (SSSR count). The Bertz CT molecular complexity index is 352. The van der Waals surface area contributed by atoms with E-state index in [0.29, 0.717) is 18.6 Å². The van der Waals surface area contributed by atoms with Crippen molar-refractivity contribution in [2.45, 2.75) is 39.7 Å². The lowest BCUT2D eigenvalue weighted by atomic mass is 9.95. The third-order valence-corrected chi connectivity index (χ3v) is 2.68. The van der Waals surface area contributed by atoms with E-state index in [-0.39, 0.29) is 0 Å². The molecule has 1 aromatic rings. The smallest absolute Gasteiger partial charge is 0.137 e. The zero-order valence-corrected chi connectivity index (χ0v) is 8.13. The highest BCUT2D eigenvalue weighted by molar-refractivity contribution is 5.83. The summed E-state index contributed by atoms with van der Waals surface area (Å²) < 4.78 is 2.02. The molecule has 0 saturated carbocycles. The van der Waals surface area contributed by atoms with E-state index in [0.717, 1.165) is 18.7 Å². The van der Waals surface area contributed by atoms with Gasteiger partial charge in [0.25, 0.3) is 0 Å². The van der Waals surface area contributed by atoms with Gasteiger partial charge in [-0.3, -0.25) is 9.48 Å². The monoisotopic (exact) mass is 178 g/mol. The molecule has 0 aliphatic heterocycles. The van der Waals surface area contributed by atoms with Crippen molar-refractivity contribution in [2.75, 3.05) is 0 Å². The van der Waals surface area contributed by atoms with Gasteiger partial charge < -0.3 is 0 Å².